The van der Waals surface area contributed by atoms with E-state index < -0.39 is 15.6 Å². The van der Waals surface area contributed by atoms with Crippen molar-refractivity contribution in [1.29, 1.82) is 0 Å². The Labute approximate surface area is 160 Å². The highest BCUT2D eigenvalue weighted by atomic mass is 35.5. The van der Waals surface area contributed by atoms with Gasteiger partial charge in [-0.1, -0.05) is 11.6 Å². The first-order valence-electron chi connectivity index (χ1n) is 8.68. The largest absolute Gasteiger partial charge is 0.368 e. The Bertz CT molecular complexity index is 875. The number of anilines is 1. The molecule has 0 aliphatic carbocycles. The molecule has 1 aliphatic rings. The first-order valence-corrected chi connectivity index (χ1v) is 10.5. The summed E-state index contributed by atoms with van der Waals surface area (Å²) in [5, 5.41) is 0.800. The van der Waals surface area contributed by atoms with E-state index in [2.05, 4.69) is 9.88 Å². The molecule has 8 heteroatoms. The number of hydrogen-bond donors (Lipinski definition) is 0. The molecule has 0 saturated carbocycles. The van der Waals surface area contributed by atoms with Crippen molar-refractivity contribution in [2.24, 2.45) is 0 Å². The Morgan fingerprint density at radius 2 is 1.81 bits per heavy atom. The Kier molecular flexibility index (Phi) is 5.07. The summed E-state index contributed by atoms with van der Waals surface area (Å²) in [5.41, 5.74) is 0.488. The van der Waals surface area contributed by atoms with E-state index in [1.54, 1.807) is 16.8 Å². The fourth-order valence-corrected chi connectivity index (χ4v) is 5.12. The van der Waals surface area contributed by atoms with Crippen LogP contribution < -0.4 is 4.90 Å². The van der Waals surface area contributed by atoms with Crippen molar-refractivity contribution in [1.82, 2.24) is 13.9 Å². The number of halogens is 1. The Hall–Kier alpha value is -1.57. The van der Waals surface area contributed by atoms with Crippen LogP contribution in [0.25, 0.3) is 0 Å². The van der Waals surface area contributed by atoms with Gasteiger partial charge in [-0.15, -0.1) is 0 Å². The second kappa shape index (κ2) is 6.87. The maximum atomic E-state index is 13.1. The lowest BCUT2D eigenvalue weighted by atomic mass is 10.0. The molecule has 1 aromatic carbocycles. The average molecular weight is 397 g/mol. The minimum absolute atomic E-state index is 0.110. The maximum Gasteiger partial charge on any atom is 0.262 e. The molecule has 0 radical (unpaired) electrons. The van der Waals surface area contributed by atoms with Crippen molar-refractivity contribution in [3.63, 3.8) is 0 Å². The van der Waals surface area contributed by atoms with Crippen LogP contribution in [0.2, 0.25) is 5.02 Å². The smallest absolute Gasteiger partial charge is 0.262 e. The van der Waals surface area contributed by atoms with Crippen LogP contribution in [-0.4, -0.2) is 47.4 Å². The van der Waals surface area contributed by atoms with Crippen molar-refractivity contribution in [2.45, 2.75) is 44.3 Å². The Morgan fingerprint density at radius 3 is 2.35 bits per heavy atom. The van der Waals surface area contributed by atoms with Crippen molar-refractivity contribution >= 4 is 27.3 Å². The number of sulfonamides is 1. The maximum absolute atomic E-state index is 13.1. The highest BCUT2D eigenvalue weighted by Crippen LogP contribution is 2.31. The van der Waals surface area contributed by atoms with E-state index in [-0.39, 0.29) is 11.1 Å². The van der Waals surface area contributed by atoms with Gasteiger partial charge in [0, 0.05) is 48.1 Å². The Morgan fingerprint density at radius 1 is 1.15 bits per heavy atom. The van der Waals surface area contributed by atoms with E-state index >= 15 is 0 Å². The summed E-state index contributed by atoms with van der Waals surface area (Å²) in [6.07, 6.45) is 3.19. The summed E-state index contributed by atoms with van der Waals surface area (Å²) < 4.78 is 29.7. The zero-order chi connectivity index (χ0) is 19.1. The number of rotatable bonds is 4. The van der Waals surface area contributed by atoms with Gasteiger partial charge in [0.2, 0.25) is 0 Å². The summed E-state index contributed by atoms with van der Waals surface area (Å²) in [6, 6.07) is 7.80. The van der Waals surface area contributed by atoms with Gasteiger partial charge in [0.1, 0.15) is 0 Å². The quantitative estimate of drug-likeness (QED) is 0.794. The number of benzene rings is 1. The summed E-state index contributed by atoms with van der Waals surface area (Å²) in [4.78, 5) is 6.33. The van der Waals surface area contributed by atoms with Gasteiger partial charge in [-0.2, -0.15) is 4.31 Å². The molecular formula is C18H25ClN4O2S. The first kappa shape index (κ1) is 19.2. The molecule has 6 nitrogen and oxygen atoms in total. The topological polar surface area (TPSA) is 58.4 Å². The summed E-state index contributed by atoms with van der Waals surface area (Å²) in [6.45, 7) is 9.51. The molecule has 1 aliphatic heterocycles. The van der Waals surface area contributed by atoms with Crippen LogP contribution in [0.3, 0.4) is 0 Å². The van der Waals surface area contributed by atoms with E-state index in [9.17, 15) is 8.42 Å². The Balaban J connectivity index is 1.84. The lowest BCUT2D eigenvalue weighted by molar-refractivity contribution is 0.204. The second-order valence-corrected chi connectivity index (χ2v) is 9.79. The first-order chi connectivity index (χ1) is 12.1. The zero-order valence-corrected chi connectivity index (χ0v) is 17.1. The number of aromatic nitrogens is 2. The average Bonchev–Trinajstić information content (AvgIpc) is 3.05. The number of hydrogen-bond acceptors (Lipinski definition) is 4. The van der Waals surface area contributed by atoms with Gasteiger partial charge in [0.25, 0.3) is 10.0 Å². The minimum Gasteiger partial charge on any atom is -0.368 e. The standard InChI is InChI=1S/C18H25ClN4O2S/c1-14(2)22-11-17(20-13-22)26(24,25)23-10-9-21(12-18(23,3)4)16-7-5-15(19)6-8-16/h5-8,11,13-14H,9-10,12H2,1-4H3. The van der Waals surface area contributed by atoms with Crippen LogP contribution in [-0.2, 0) is 10.0 Å². The molecule has 0 N–H and O–H groups in total. The SMILES string of the molecule is CC(C)n1cnc(S(=O)(=O)N2CCN(c3ccc(Cl)cc3)CC2(C)C)c1. The molecule has 2 heterocycles. The lowest BCUT2D eigenvalue weighted by Gasteiger charge is -2.46. The van der Waals surface area contributed by atoms with Gasteiger partial charge in [-0.05, 0) is 52.0 Å². The molecule has 1 aromatic heterocycles. The highest BCUT2D eigenvalue weighted by molar-refractivity contribution is 7.89. The molecule has 142 valence electrons. The van der Waals surface area contributed by atoms with E-state index in [4.69, 9.17) is 11.6 Å². The molecule has 0 bridgehead atoms. The molecule has 0 unspecified atom stereocenters. The normalized spacial score (nSPS) is 18.5. The van der Waals surface area contributed by atoms with Crippen molar-refractivity contribution in [3.8, 4) is 0 Å². The van der Waals surface area contributed by atoms with E-state index in [0.29, 0.717) is 24.7 Å². The van der Waals surface area contributed by atoms with Crippen LogP contribution in [0.4, 0.5) is 5.69 Å². The number of imidazole rings is 1. The van der Waals surface area contributed by atoms with Crippen LogP contribution in [0.1, 0.15) is 33.7 Å². The van der Waals surface area contributed by atoms with E-state index in [1.807, 2.05) is 56.5 Å². The van der Waals surface area contributed by atoms with Gasteiger partial charge in [-0.25, -0.2) is 13.4 Å². The van der Waals surface area contributed by atoms with Crippen molar-refractivity contribution in [3.05, 3.63) is 41.8 Å². The van der Waals surface area contributed by atoms with Crippen molar-refractivity contribution in [2.75, 3.05) is 24.5 Å². The highest BCUT2D eigenvalue weighted by Gasteiger charge is 2.42. The van der Waals surface area contributed by atoms with Crippen LogP contribution in [0.5, 0.6) is 0 Å². The number of piperazine rings is 1. The molecule has 3 rings (SSSR count). The third-order valence-electron chi connectivity index (χ3n) is 4.75. The van der Waals surface area contributed by atoms with Crippen LogP contribution in [0, 0.1) is 0 Å². The second-order valence-electron chi connectivity index (χ2n) is 7.54. The zero-order valence-electron chi connectivity index (χ0n) is 15.6. The van der Waals surface area contributed by atoms with Gasteiger partial charge < -0.3 is 9.47 Å². The molecular weight excluding hydrogens is 372 g/mol. The predicted molar refractivity (Wildman–Crippen MR) is 104 cm³/mol. The molecule has 2 aromatic rings. The van der Waals surface area contributed by atoms with Gasteiger partial charge in [-0.3, -0.25) is 0 Å². The van der Waals surface area contributed by atoms with Crippen LogP contribution >= 0.6 is 11.6 Å². The monoisotopic (exact) mass is 396 g/mol. The minimum atomic E-state index is -3.64. The number of nitrogens with zero attached hydrogens (tertiary/aromatic N) is 4. The van der Waals surface area contributed by atoms with E-state index in [0.717, 1.165) is 5.69 Å². The summed E-state index contributed by atoms with van der Waals surface area (Å²) in [5.74, 6) is 0. The van der Waals surface area contributed by atoms with Crippen molar-refractivity contribution < 1.29 is 8.42 Å². The summed E-state index contributed by atoms with van der Waals surface area (Å²) in [7, 11) is -3.64. The third kappa shape index (κ3) is 3.61. The molecule has 1 fully saturated rings. The molecule has 0 spiro atoms. The third-order valence-corrected chi connectivity index (χ3v) is 6.99. The van der Waals surface area contributed by atoms with Gasteiger partial charge in [0.05, 0.1) is 6.33 Å². The summed E-state index contributed by atoms with van der Waals surface area (Å²) >= 11 is 5.97. The molecule has 0 atom stereocenters. The fourth-order valence-electron chi connectivity index (χ4n) is 3.30. The van der Waals surface area contributed by atoms with Gasteiger partial charge in [0.15, 0.2) is 5.03 Å². The lowest BCUT2D eigenvalue weighted by Crippen LogP contribution is -2.61. The molecule has 0 amide bonds. The predicted octanol–water partition coefficient (Wildman–Crippen LogP) is 3.41. The molecule has 26 heavy (non-hydrogen) atoms. The van der Waals surface area contributed by atoms with E-state index in [1.165, 1.54) is 0 Å². The fraction of sp³-hybridized carbons (Fsp3) is 0.500. The molecule has 1 saturated heterocycles. The van der Waals surface area contributed by atoms with Gasteiger partial charge >= 0.3 is 0 Å². The van der Waals surface area contributed by atoms with Crippen LogP contribution in [0.15, 0.2) is 41.8 Å².